The highest BCUT2D eigenvalue weighted by atomic mass is 28.4. The molecule has 0 spiro atoms. The number of fused-ring (bicyclic) bond motifs is 1. The number of aromatic nitrogens is 1. The average molecular weight is 528 g/mol. The van der Waals surface area contributed by atoms with Crippen LogP contribution in [-0.2, 0) is 20.5 Å². The van der Waals surface area contributed by atoms with Gasteiger partial charge >= 0.3 is 6.09 Å². The Morgan fingerprint density at radius 3 is 2.49 bits per heavy atom. The van der Waals surface area contributed by atoms with Crippen LogP contribution in [0.4, 0.5) is 16.4 Å². The zero-order chi connectivity index (χ0) is 27.0. The van der Waals surface area contributed by atoms with Crippen LogP contribution in [0, 0.1) is 0 Å². The van der Waals surface area contributed by atoms with Gasteiger partial charge in [0.1, 0.15) is 17.7 Å². The number of methoxy groups -OCH3 is 1. The second-order valence-corrected chi connectivity index (χ2v) is 15.9. The molecule has 2 aliphatic rings. The Morgan fingerprint density at radius 2 is 1.84 bits per heavy atom. The molecule has 37 heavy (non-hydrogen) atoms. The van der Waals surface area contributed by atoms with Crippen molar-refractivity contribution in [2.45, 2.75) is 71.0 Å². The number of anilines is 2. The second-order valence-electron chi connectivity index (χ2n) is 11.1. The molecular formula is C27H37N3O6Si. The van der Waals surface area contributed by atoms with Crippen molar-refractivity contribution in [2.24, 2.45) is 0 Å². The van der Waals surface area contributed by atoms with Gasteiger partial charge in [-0.15, -0.1) is 0 Å². The van der Waals surface area contributed by atoms with Crippen LogP contribution in [0.2, 0.25) is 18.1 Å². The zero-order valence-corrected chi connectivity index (χ0v) is 23.7. The number of carbonyl (C=O) groups is 2. The molecule has 2 amide bonds. The lowest BCUT2D eigenvalue weighted by Gasteiger charge is -2.38. The Balaban J connectivity index is 1.48. The molecule has 0 radical (unpaired) electrons. The predicted octanol–water partition coefficient (Wildman–Crippen LogP) is 5.14. The first-order chi connectivity index (χ1) is 17.4. The van der Waals surface area contributed by atoms with Crippen molar-refractivity contribution in [1.29, 1.82) is 0 Å². The maximum absolute atomic E-state index is 12.8. The molecule has 3 heterocycles. The average Bonchev–Trinajstić information content (AvgIpc) is 3.19. The molecular weight excluding hydrogens is 490 g/mol. The number of ether oxygens (including phenoxy) is 3. The van der Waals surface area contributed by atoms with Crippen molar-refractivity contribution in [2.75, 3.05) is 30.1 Å². The first kappa shape index (κ1) is 26.9. The maximum Gasteiger partial charge on any atom is 0.415 e. The molecule has 9 nitrogen and oxygen atoms in total. The van der Waals surface area contributed by atoms with Gasteiger partial charge in [0.25, 0.3) is 5.91 Å². The number of cyclic esters (lactones) is 1. The summed E-state index contributed by atoms with van der Waals surface area (Å²) in [5.41, 5.74) is 0.922. The summed E-state index contributed by atoms with van der Waals surface area (Å²) < 4.78 is 23.0. The van der Waals surface area contributed by atoms with Crippen LogP contribution in [0.1, 0.15) is 39.7 Å². The fraction of sp³-hybridized carbons (Fsp3) is 0.519. The Hall–Kier alpha value is -3.11. The third kappa shape index (κ3) is 5.91. The quantitative estimate of drug-likeness (QED) is 0.439. The van der Waals surface area contributed by atoms with Crippen LogP contribution in [0.5, 0.6) is 11.5 Å². The standard InChI is InChI=1S/C27H37N3O6Si/c1-18(36-37(6,7)27(2,3)4)14-21-16-29(26(32)35-21)23-13-12-22-25(28-23)30(24(31)17-34-22)15-19-8-10-20(33-5)11-9-19/h8-13,18,21H,14-17H2,1-7H3/t18?,21-/m1/s1. The first-order valence-electron chi connectivity index (χ1n) is 12.6. The van der Waals surface area contributed by atoms with Crippen LogP contribution in [0.3, 0.4) is 0 Å². The van der Waals surface area contributed by atoms with Crippen LogP contribution in [-0.4, -0.2) is 57.8 Å². The van der Waals surface area contributed by atoms with E-state index >= 15 is 0 Å². The molecule has 1 unspecified atom stereocenters. The van der Waals surface area contributed by atoms with E-state index in [2.05, 4.69) is 38.8 Å². The number of hydrogen-bond acceptors (Lipinski definition) is 7. The smallest absolute Gasteiger partial charge is 0.415 e. The van der Waals surface area contributed by atoms with Crippen molar-refractivity contribution < 1.29 is 28.2 Å². The molecule has 2 atom stereocenters. The number of nitrogens with zero attached hydrogens (tertiary/aromatic N) is 3. The number of benzene rings is 1. The maximum atomic E-state index is 12.8. The van der Waals surface area contributed by atoms with E-state index in [1.807, 2.05) is 31.2 Å². The highest BCUT2D eigenvalue weighted by molar-refractivity contribution is 6.74. The topological polar surface area (TPSA) is 90.4 Å². The summed E-state index contributed by atoms with van der Waals surface area (Å²) in [7, 11) is -0.322. The number of amides is 2. The van der Waals surface area contributed by atoms with E-state index < -0.39 is 14.4 Å². The molecule has 1 saturated heterocycles. The minimum absolute atomic E-state index is 0.0406. The van der Waals surface area contributed by atoms with Crippen molar-refractivity contribution in [3.05, 3.63) is 42.0 Å². The molecule has 0 saturated carbocycles. The largest absolute Gasteiger partial charge is 0.497 e. The Kier molecular flexibility index (Phi) is 7.52. The van der Waals surface area contributed by atoms with E-state index in [-0.39, 0.29) is 29.8 Å². The normalized spacial score (nSPS) is 18.8. The fourth-order valence-corrected chi connectivity index (χ4v) is 5.68. The van der Waals surface area contributed by atoms with Crippen LogP contribution >= 0.6 is 0 Å². The molecule has 200 valence electrons. The molecule has 2 aromatic rings. The van der Waals surface area contributed by atoms with Gasteiger partial charge in [0.15, 0.2) is 26.5 Å². The number of pyridine rings is 1. The first-order valence-corrected chi connectivity index (χ1v) is 15.5. The van der Waals surface area contributed by atoms with E-state index in [4.69, 9.17) is 18.6 Å². The predicted molar refractivity (Wildman–Crippen MR) is 144 cm³/mol. The van der Waals surface area contributed by atoms with Gasteiger partial charge < -0.3 is 18.6 Å². The Morgan fingerprint density at radius 1 is 1.14 bits per heavy atom. The lowest BCUT2D eigenvalue weighted by atomic mass is 10.2. The van der Waals surface area contributed by atoms with Crippen LogP contribution < -0.4 is 19.3 Å². The molecule has 1 fully saturated rings. The van der Waals surface area contributed by atoms with E-state index in [1.165, 1.54) is 4.90 Å². The van der Waals surface area contributed by atoms with E-state index in [0.717, 1.165) is 11.3 Å². The highest BCUT2D eigenvalue weighted by Gasteiger charge is 2.40. The van der Waals surface area contributed by atoms with E-state index in [1.54, 1.807) is 24.1 Å². The van der Waals surface area contributed by atoms with Gasteiger partial charge in [-0.3, -0.25) is 14.6 Å². The minimum Gasteiger partial charge on any atom is -0.497 e. The molecule has 4 rings (SSSR count). The molecule has 2 aliphatic heterocycles. The van der Waals surface area contributed by atoms with Crippen molar-refractivity contribution in [1.82, 2.24) is 4.98 Å². The molecule has 10 heteroatoms. The summed E-state index contributed by atoms with van der Waals surface area (Å²) in [4.78, 5) is 33.3. The SMILES string of the molecule is COc1ccc(CN2C(=O)COc3ccc(N4C[C@@H](CC(C)O[Si](C)(C)C(C)(C)C)OC4=O)nc32)cc1. The summed E-state index contributed by atoms with van der Waals surface area (Å²) in [6, 6.07) is 11.0. The molecule has 1 aromatic carbocycles. The van der Waals surface area contributed by atoms with Gasteiger partial charge in [0.05, 0.1) is 20.2 Å². The van der Waals surface area contributed by atoms with Crippen molar-refractivity contribution in [3.8, 4) is 11.5 Å². The van der Waals surface area contributed by atoms with Crippen molar-refractivity contribution >= 4 is 32.0 Å². The van der Waals surface area contributed by atoms with Gasteiger partial charge in [-0.2, -0.15) is 0 Å². The summed E-state index contributed by atoms with van der Waals surface area (Å²) in [6.07, 6.45) is -0.202. The minimum atomic E-state index is -1.93. The zero-order valence-electron chi connectivity index (χ0n) is 22.7. The molecule has 0 N–H and O–H groups in total. The monoisotopic (exact) mass is 527 g/mol. The summed E-state index contributed by atoms with van der Waals surface area (Å²) in [6.45, 7) is 13.7. The summed E-state index contributed by atoms with van der Waals surface area (Å²) in [5, 5.41) is 0.101. The van der Waals surface area contributed by atoms with Crippen molar-refractivity contribution in [3.63, 3.8) is 0 Å². The van der Waals surface area contributed by atoms with Crippen LogP contribution in [0.15, 0.2) is 36.4 Å². The van der Waals surface area contributed by atoms with Gasteiger partial charge in [-0.1, -0.05) is 32.9 Å². The van der Waals surface area contributed by atoms with Crippen LogP contribution in [0.25, 0.3) is 0 Å². The van der Waals surface area contributed by atoms with E-state index in [0.29, 0.717) is 36.9 Å². The lowest BCUT2D eigenvalue weighted by molar-refractivity contribution is -0.121. The van der Waals surface area contributed by atoms with Gasteiger partial charge in [0.2, 0.25) is 0 Å². The highest BCUT2D eigenvalue weighted by Crippen LogP contribution is 2.38. The van der Waals surface area contributed by atoms with E-state index in [9.17, 15) is 9.59 Å². The Bertz CT molecular complexity index is 1150. The van der Waals surface area contributed by atoms with Gasteiger partial charge in [-0.25, -0.2) is 9.78 Å². The van der Waals surface area contributed by atoms with Gasteiger partial charge in [0, 0.05) is 12.5 Å². The Labute approximate surface area is 219 Å². The second kappa shape index (κ2) is 10.3. The fourth-order valence-electron chi connectivity index (χ4n) is 4.22. The van der Waals surface area contributed by atoms with Gasteiger partial charge in [-0.05, 0) is 54.9 Å². The summed E-state index contributed by atoms with van der Waals surface area (Å²) in [5.74, 6) is 1.84. The summed E-state index contributed by atoms with van der Waals surface area (Å²) >= 11 is 0. The third-order valence-electron chi connectivity index (χ3n) is 7.28. The molecule has 0 bridgehead atoms. The lowest BCUT2D eigenvalue weighted by Crippen LogP contribution is -2.44. The molecule has 1 aromatic heterocycles. The number of hydrogen-bond donors (Lipinski definition) is 0. The number of carbonyl (C=O) groups excluding carboxylic acids is 2. The third-order valence-corrected chi connectivity index (χ3v) is 11.9. The number of rotatable bonds is 8. The molecule has 0 aliphatic carbocycles.